The highest BCUT2D eigenvalue weighted by atomic mass is 79.9. The molecule has 0 heterocycles. The van der Waals surface area contributed by atoms with Gasteiger partial charge in [0.05, 0.1) is 6.61 Å². The fourth-order valence-corrected chi connectivity index (χ4v) is 1.99. The van der Waals surface area contributed by atoms with E-state index in [1.807, 2.05) is 6.07 Å². The highest BCUT2D eigenvalue weighted by Crippen LogP contribution is 2.29. The second-order valence-corrected chi connectivity index (χ2v) is 4.57. The lowest BCUT2D eigenvalue weighted by Gasteiger charge is -2.14. The topological polar surface area (TPSA) is 9.23 Å². The van der Waals surface area contributed by atoms with E-state index < -0.39 is 19.1 Å². The lowest BCUT2D eigenvalue weighted by atomic mass is 10.1. The van der Waals surface area contributed by atoms with Gasteiger partial charge in [-0.3, -0.25) is 4.74 Å². The highest BCUT2D eigenvalue weighted by molar-refractivity contribution is 9.09. The van der Waals surface area contributed by atoms with Crippen LogP contribution < -0.4 is 0 Å². The maximum absolute atomic E-state index is 13.2. The summed E-state index contributed by atoms with van der Waals surface area (Å²) in [5.41, 5.74) is 0.821. The van der Waals surface area contributed by atoms with E-state index in [1.54, 1.807) is 24.3 Å². The van der Waals surface area contributed by atoms with Crippen LogP contribution in [0.4, 0.5) is 17.6 Å². The van der Waals surface area contributed by atoms with Crippen LogP contribution in [0.2, 0.25) is 0 Å². The SMILES string of the molecule is FC(COC(F)(F)F)CC(Br)c1ccccc1. The van der Waals surface area contributed by atoms with E-state index >= 15 is 0 Å². The molecule has 96 valence electrons. The van der Waals surface area contributed by atoms with Gasteiger partial charge in [-0.25, -0.2) is 4.39 Å². The Kier molecular flexibility index (Phi) is 5.39. The van der Waals surface area contributed by atoms with Crippen LogP contribution in [0.25, 0.3) is 0 Å². The van der Waals surface area contributed by atoms with E-state index in [-0.39, 0.29) is 11.2 Å². The van der Waals surface area contributed by atoms with Crippen LogP contribution in [0.1, 0.15) is 16.8 Å². The lowest BCUT2D eigenvalue weighted by Crippen LogP contribution is -2.21. The lowest BCUT2D eigenvalue weighted by molar-refractivity contribution is -0.328. The minimum atomic E-state index is -4.78. The molecule has 0 fully saturated rings. The van der Waals surface area contributed by atoms with Crippen molar-refractivity contribution in [1.29, 1.82) is 0 Å². The number of benzene rings is 1. The van der Waals surface area contributed by atoms with Gasteiger partial charge in [0.2, 0.25) is 0 Å². The standard InChI is InChI=1S/C11H11BrF4O/c12-10(8-4-2-1-3-5-8)6-9(13)7-17-11(14,15)16/h1-5,9-10H,6-7H2. The van der Waals surface area contributed by atoms with Crippen LogP contribution >= 0.6 is 15.9 Å². The largest absolute Gasteiger partial charge is 0.522 e. The fraction of sp³-hybridized carbons (Fsp3) is 0.455. The number of halogens is 5. The Hall–Kier alpha value is -0.620. The average Bonchev–Trinajstić information content (AvgIpc) is 2.27. The first-order chi connectivity index (χ1) is 7.88. The molecular formula is C11H11BrF4O. The minimum absolute atomic E-state index is 0.0694. The Bertz CT molecular complexity index is 328. The van der Waals surface area contributed by atoms with E-state index in [0.717, 1.165) is 5.56 Å². The molecule has 0 saturated heterocycles. The van der Waals surface area contributed by atoms with Gasteiger partial charge in [-0.15, -0.1) is 13.2 Å². The van der Waals surface area contributed by atoms with Gasteiger partial charge in [-0.05, 0) is 12.0 Å². The molecule has 6 heteroatoms. The summed E-state index contributed by atoms with van der Waals surface area (Å²) in [4.78, 5) is -0.324. The molecule has 0 aliphatic heterocycles. The van der Waals surface area contributed by atoms with Gasteiger partial charge >= 0.3 is 6.36 Å². The third-order valence-electron chi connectivity index (χ3n) is 2.05. The van der Waals surface area contributed by atoms with Crippen LogP contribution in [-0.4, -0.2) is 19.1 Å². The van der Waals surface area contributed by atoms with Crippen molar-refractivity contribution in [2.75, 3.05) is 6.61 Å². The Balaban J connectivity index is 2.39. The van der Waals surface area contributed by atoms with Crippen molar-refractivity contribution < 1.29 is 22.3 Å². The highest BCUT2D eigenvalue weighted by Gasteiger charge is 2.30. The molecule has 0 N–H and O–H groups in total. The first-order valence-corrected chi connectivity index (χ1v) is 5.84. The minimum Gasteiger partial charge on any atom is -0.289 e. The van der Waals surface area contributed by atoms with Gasteiger partial charge in [0, 0.05) is 4.83 Å². The number of alkyl halides is 5. The average molecular weight is 315 g/mol. The summed E-state index contributed by atoms with van der Waals surface area (Å²) in [5, 5.41) is 0. The zero-order valence-corrected chi connectivity index (χ0v) is 10.3. The van der Waals surface area contributed by atoms with Crippen molar-refractivity contribution in [3.63, 3.8) is 0 Å². The third-order valence-corrected chi connectivity index (χ3v) is 2.95. The summed E-state index contributed by atoms with van der Waals surface area (Å²) in [5.74, 6) is 0. The van der Waals surface area contributed by atoms with Gasteiger partial charge in [-0.1, -0.05) is 46.3 Å². The second kappa shape index (κ2) is 6.35. The summed E-state index contributed by atoms with van der Waals surface area (Å²) < 4.78 is 51.7. The number of ether oxygens (including phenoxy) is 1. The van der Waals surface area contributed by atoms with Crippen LogP contribution in [0, 0.1) is 0 Å². The molecule has 17 heavy (non-hydrogen) atoms. The van der Waals surface area contributed by atoms with Crippen LogP contribution in [-0.2, 0) is 4.74 Å². The van der Waals surface area contributed by atoms with Crippen molar-refractivity contribution in [2.24, 2.45) is 0 Å². The molecule has 1 nitrogen and oxygen atoms in total. The zero-order valence-electron chi connectivity index (χ0n) is 8.75. The normalized spacial score (nSPS) is 15.6. The summed E-state index contributed by atoms with van der Waals surface area (Å²) in [6.07, 6.45) is -6.51. The van der Waals surface area contributed by atoms with E-state index in [0.29, 0.717) is 0 Å². The molecule has 0 amide bonds. The molecule has 0 radical (unpaired) electrons. The number of hydrogen-bond acceptors (Lipinski definition) is 1. The molecule has 0 aromatic heterocycles. The van der Waals surface area contributed by atoms with Crippen molar-refractivity contribution in [2.45, 2.75) is 23.8 Å². The number of rotatable bonds is 5. The molecule has 0 bridgehead atoms. The smallest absolute Gasteiger partial charge is 0.289 e. The first-order valence-electron chi connectivity index (χ1n) is 4.92. The summed E-state index contributed by atoms with van der Waals surface area (Å²) in [7, 11) is 0. The van der Waals surface area contributed by atoms with Crippen molar-refractivity contribution in [3.8, 4) is 0 Å². The third kappa shape index (κ3) is 6.02. The Morgan fingerprint density at radius 1 is 1.18 bits per heavy atom. The van der Waals surface area contributed by atoms with Gasteiger partial charge < -0.3 is 0 Å². The summed E-state index contributed by atoms with van der Waals surface area (Å²) in [6, 6.07) is 8.92. The van der Waals surface area contributed by atoms with Crippen molar-refractivity contribution in [3.05, 3.63) is 35.9 Å². The van der Waals surface area contributed by atoms with E-state index in [9.17, 15) is 17.6 Å². The molecule has 1 aromatic carbocycles. The molecule has 2 atom stereocenters. The molecular weight excluding hydrogens is 304 g/mol. The van der Waals surface area contributed by atoms with Crippen LogP contribution in [0.15, 0.2) is 30.3 Å². The predicted octanol–water partition coefficient (Wildman–Crippen LogP) is 4.39. The van der Waals surface area contributed by atoms with Gasteiger partial charge in [0.1, 0.15) is 6.17 Å². The van der Waals surface area contributed by atoms with Crippen molar-refractivity contribution >= 4 is 15.9 Å². The molecule has 0 saturated carbocycles. The molecule has 1 rings (SSSR count). The van der Waals surface area contributed by atoms with Crippen LogP contribution in [0.3, 0.4) is 0 Å². The Morgan fingerprint density at radius 2 is 1.76 bits per heavy atom. The van der Waals surface area contributed by atoms with E-state index in [1.165, 1.54) is 0 Å². The number of hydrogen-bond donors (Lipinski definition) is 0. The molecule has 2 unspecified atom stereocenters. The van der Waals surface area contributed by atoms with Crippen molar-refractivity contribution in [1.82, 2.24) is 0 Å². The summed E-state index contributed by atoms with van der Waals surface area (Å²) in [6.45, 7) is -0.974. The maximum atomic E-state index is 13.2. The van der Waals surface area contributed by atoms with Gasteiger partial charge in [0.25, 0.3) is 0 Å². The molecule has 0 spiro atoms. The molecule has 0 aliphatic carbocycles. The quantitative estimate of drug-likeness (QED) is 0.578. The van der Waals surface area contributed by atoms with E-state index in [2.05, 4.69) is 20.7 Å². The zero-order chi connectivity index (χ0) is 12.9. The fourth-order valence-electron chi connectivity index (χ4n) is 1.28. The first kappa shape index (κ1) is 14.4. The van der Waals surface area contributed by atoms with Crippen LogP contribution in [0.5, 0.6) is 0 Å². The van der Waals surface area contributed by atoms with Gasteiger partial charge in [-0.2, -0.15) is 0 Å². The maximum Gasteiger partial charge on any atom is 0.522 e. The Morgan fingerprint density at radius 3 is 2.29 bits per heavy atom. The monoisotopic (exact) mass is 314 g/mol. The Labute approximate surface area is 105 Å². The predicted molar refractivity (Wildman–Crippen MR) is 59.6 cm³/mol. The van der Waals surface area contributed by atoms with Gasteiger partial charge in [0.15, 0.2) is 0 Å². The summed E-state index contributed by atoms with van der Waals surface area (Å²) >= 11 is 3.23. The molecule has 0 aliphatic rings. The van der Waals surface area contributed by atoms with E-state index in [4.69, 9.17) is 0 Å². The second-order valence-electron chi connectivity index (χ2n) is 3.47. The molecule has 1 aromatic rings.